The minimum atomic E-state index is -0.0683. The van der Waals surface area contributed by atoms with Crippen molar-refractivity contribution < 1.29 is 4.79 Å². The van der Waals surface area contributed by atoms with Crippen LogP contribution in [0.15, 0.2) is 89.5 Å². The van der Waals surface area contributed by atoms with E-state index in [4.69, 9.17) is 10.2 Å². The molecule has 0 bridgehead atoms. The van der Waals surface area contributed by atoms with Crippen molar-refractivity contribution in [2.75, 3.05) is 0 Å². The molecule has 0 aliphatic carbocycles. The number of aromatic nitrogens is 2. The van der Waals surface area contributed by atoms with E-state index in [9.17, 15) is 4.79 Å². The molecule has 4 aromatic rings. The van der Waals surface area contributed by atoms with Gasteiger partial charge in [-0.2, -0.15) is 10.2 Å². The second-order valence-electron chi connectivity index (χ2n) is 7.18. The summed E-state index contributed by atoms with van der Waals surface area (Å²) in [5.41, 5.74) is 4.71. The highest BCUT2D eigenvalue weighted by Gasteiger charge is 2.33. The summed E-state index contributed by atoms with van der Waals surface area (Å²) >= 11 is 1.65. The molecule has 5 rings (SSSR count). The lowest BCUT2D eigenvalue weighted by Crippen LogP contribution is -2.23. The number of hydrazone groups is 1. The molecule has 0 saturated carbocycles. The minimum absolute atomic E-state index is 0.0555. The summed E-state index contributed by atoms with van der Waals surface area (Å²) in [6.45, 7) is 1.57. The maximum Gasteiger partial charge on any atom is 0.240 e. The summed E-state index contributed by atoms with van der Waals surface area (Å²) in [6.07, 6.45) is 2.69. The second kappa shape index (κ2) is 7.72. The fourth-order valence-corrected chi connectivity index (χ4v) is 4.58. The Hall–Kier alpha value is -3.51. The van der Waals surface area contributed by atoms with E-state index in [1.54, 1.807) is 23.3 Å². The predicted molar refractivity (Wildman–Crippen MR) is 120 cm³/mol. The van der Waals surface area contributed by atoms with Gasteiger partial charge in [0.05, 0.1) is 17.4 Å². The van der Waals surface area contributed by atoms with Crippen LogP contribution >= 0.6 is 11.3 Å². The molecule has 0 radical (unpaired) electrons. The highest BCUT2D eigenvalue weighted by atomic mass is 32.1. The molecule has 0 spiro atoms. The van der Waals surface area contributed by atoms with E-state index in [0.717, 1.165) is 33.1 Å². The van der Waals surface area contributed by atoms with Crippen LogP contribution in [0.25, 0.3) is 16.9 Å². The Morgan fingerprint density at radius 2 is 1.73 bits per heavy atom. The first kappa shape index (κ1) is 18.5. The van der Waals surface area contributed by atoms with Gasteiger partial charge in [-0.05, 0) is 23.6 Å². The molecule has 0 unspecified atom stereocenters. The molecular formula is C24H20N4OS. The third-order valence-electron chi connectivity index (χ3n) is 5.20. The monoisotopic (exact) mass is 412 g/mol. The molecule has 0 N–H and O–H groups in total. The SMILES string of the molecule is CC(=O)N1N=C(c2cn(-c3ccccc3)nc2-c2ccccc2)C[C@@H]1c1cccs1. The van der Waals surface area contributed by atoms with Crippen LogP contribution in [0.1, 0.15) is 29.8 Å². The van der Waals surface area contributed by atoms with E-state index < -0.39 is 0 Å². The fraction of sp³-hybridized carbons (Fsp3) is 0.125. The average Bonchev–Trinajstić information content (AvgIpc) is 3.53. The van der Waals surface area contributed by atoms with E-state index in [0.29, 0.717) is 6.42 Å². The van der Waals surface area contributed by atoms with E-state index >= 15 is 0 Å². The number of carbonyl (C=O) groups is 1. The number of para-hydroxylation sites is 1. The van der Waals surface area contributed by atoms with Crippen molar-refractivity contribution in [1.29, 1.82) is 0 Å². The Kier molecular flexibility index (Phi) is 4.77. The van der Waals surface area contributed by atoms with Crippen molar-refractivity contribution in [3.05, 3.63) is 94.8 Å². The van der Waals surface area contributed by atoms with Gasteiger partial charge >= 0.3 is 0 Å². The van der Waals surface area contributed by atoms with Gasteiger partial charge in [-0.15, -0.1) is 11.3 Å². The molecule has 0 saturated heterocycles. The predicted octanol–water partition coefficient (Wildman–Crippen LogP) is 5.30. The molecule has 0 fully saturated rings. The van der Waals surface area contributed by atoms with Gasteiger partial charge in [-0.3, -0.25) is 4.79 Å². The first-order chi connectivity index (χ1) is 14.7. The Morgan fingerprint density at radius 3 is 2.40 bits per heavy atom. The van der Waals surface area contributed by atoms with Gasteiger partial charge in [0.2, 0.25) is 5.91 Å². The van der Waals surface area contributed by atoms with Crippen molar-refractivity contribution in [2.45, 2.75) is 19.4 Å². The third kappa shape index (κ3) is 3.35. The maximum absolute atomic E-state index is 12.3. The molecule has 1 aliphatic rings. The van der Waals surface area contributed by atoms with Crippen LogP contribution in [-0.2, 0) is 4.79 Å². The number of hydrogen-bond acceptors (Lipinski definition) is 4. The van der Waals surface area contributed by atoms with Gasteiger partial charge in [0.25, 0.3) is 0 Å². The van der Waals surface area contributed by atoms with Crippen molar-refractivity contribution >= 4 is 23.0 Å². The molecule has 2 aromatic heterocycles. The van der Waals surface area contributed by atoms with Gasteiger partial charge in [-0.1, -0.05) is 54.6 Å². The molecule has 30 heavy (non-hydrogen) atoms. The number of amides is 1. The largest absolute Gasteiger partial charge is 0.273 e. The quantitative estimate of drug-likeness (QED) is 0.457. The number of thiophene rings is 1. The minimum Gasteiger partial charge on any atom is -0.273 e. The zero-order valence-electron chi connectivity index (χ0n) is 16.5. The maximum atomic E-state index is 12.3. The van der Waals surface area contributed by atoms with Crippen LogP contribution in [0, 0.1) is 0 Å². The molecule has 1 atom stereocenters. The van der Waals surface area contributed by atoms with Crippen molar-refractivity contribution in [1.82, 2.24) is 14.8 Å². The topological polar surface area (TPSA) is 50.5 Å². The number of benzene rings is 2. The van der Waals surface area contributed by atoms with E-state index in [1.165, 1.54) is 0 Å². The van der Waals surface area contributed by atoms with Crippen molar-refractivity contribution in [3.8, 4) is 16.9 Å². The van der Waals surface area contributed by atoms with Crippen LogP contribution in [0.5, 0.6) is 0 Å². The number of hydrogen-bond donors (Lipinski definition) is 0. The summed E-state index contributed by atoms with van der Waals surface area (Å²) in [6, 6.07) is 24.2. The van der Waals surface area contributed by atoms with E-state index in [-0.39, 0.29) is 11.9 Å². The van der Waals surface area contributed by atoms with E-state index in [1.807, 2.05) is 70.9 Å². The summed E-state index contributed by atoms with van der Waals surface area (Å²) in [5.74, 6) is -0.0555. The zero-order chi connectivity index (χ0) is 20.5. The Bertz CT molecular complexity index is 1200. The molecule has 1 amide bonds. The van der Waals surface area contributed by atoms with E-state index in [2.05, 4.69) is 18.2 Å². The smallest absolute Gasteiger partial charge is 0.240 e. The Morgan fingerprint density at radius 1 is 1.00 bits per heavy atom. The van der Waals surface area contributed by atoms with Crippen molar-refractivity contribution in [2.24, 2.45) is 5.10 Å². The molecule has 5 nitrogen and oxygen atoms in total. The normalized spacial score (nSPS) is 16.0. The molecule has 1 aliphatic heterocycles. The highest BCUT2D eigenvalue weighted by molar-refractivity contribution is 7.10. The lowest BCUT2D eigenvalue weighted by atomic mass is 10.0. The van der Waals surface area contributed by atoms with Gasteiger partial charge < -0.3 is 0 Å². The lowest BCUT2D eigenvalue weighted by molar-refractivity contribution is -0.130. The highest BCUT2D eigenvalue weighted by Crippen LogP contribution is 2.37. The third-order valence-corrected chi connectivity index (χ3v) is 6.17. The van der Waals surface area contributed by atoms with Crippen LogP contribution in [0.3, 0.4) is 0 Å². The summed E-state index contributed by atoms with van der Waals surface area (Å²) in [7, 11) is 0. The van der Waals surface area contributed by atoms with Gasteiger partial charge in [0, 0.05) is 35.5 Å². The molecule has 148 valence electrons. The first-order valence-electron chi connectivity index (χ1n) is 9.82. The van der Waals surface area contributed by atoms with Gasteiger partial charge in [0.15, 0.2) is 0 Å². The number of nitrogens with zero attached hydrogens (tertiary/aromatic N) is 4. The second-order valence-corrected chi connectivity index (χ2v) is 8.16. The summed E-state index contributed by atoms with van der Waals surface area (Å²) in [4.78, 5) is 13.5. The van der Waals surface area contributed by atoms with Gasteiger partial charge in [0.1, 0.15) is 5.69 Å². The summed E-state index contributed by atoms with van der Waals surface area (Å²) in [5, 5.41) is 13.3. The van der Waals surface area contributed by atoms with Crippen molar-refractivity contribution in [3.63, 3.8) is 0 Å². The van der Waals surface area contributed by atoms with Crippen LogP contribution in [-0.4, -0.2) is 26.4 Å². The Labute approximate surface area is 178 Å². The fourth-order valence-electron chi connectivity index (χ4n) is 3.77. The number of carbonyl (C=O) groups excluding carboxylic acids is 1. The molecular weight excluding hydrogens is 392 g/mol. The molecule has 6 heteroatoms. The summed E-state index contributed by atoms with van der Waals surface area (Å²) < 4.78 is 1.89. The van der Waals surface area contributed by atoms with Crippen LogP contribution in [0.2, 0.25) is 0 Å². The average molecular weight is 413 g/mol. The molecule has 3 heterocycles. The zero-order valence-corrected chi connectivity index (χ0v) is 17.3. The van der Waals surface area contributed by atoms with Gasteiger partial charge in [-0.25, -0.2) is 9.69 Å². The standard InChI is InChI=1S/C24H20N4OS/c1-17(29)28-22(23-13-8-14-30-23)15-21(25-28)20-16-27(19-11-6-3-7-12-19)26-24(20)18-9-4-2-5-10-18/h2-14,16,22H,15H2,1H3/t22-/m1/s1. The first-order valence-corrected chi connectivity index (χ1v) is 10.7. The van der Waals surface area contributed by atoms with Crippen LogP contribution < -0.4 is 0 Å². The van der Waals surface area contributed by atoms with Crippen LogP contribution in [0.4, 0.5) is 0 Å². The lowest BCUT2D eigenvalue weighted by Gasteiger charge is -2.18. The molecule has 2 aromatic carbocycles. The number of rotatable bonds is 4. The Balaban J connectivity index is 1.62.